The lowest BCUT2D eigenvalue weighted by Gasteiger charge is -2.23. The first kappa shape index (κ1) is 16.2. The van der Waals surface area contributed by atoms with Crippen LogP contribution in [0.25, 0.3) is 10.7 Å². The molecule has 0 aromatic carbocycles. The molecule has 3 aromatic heterocycles. The summed E-state index contributed by atoms with van der Waals surface area (Å²) in [5, 5.41) is 3.17. The summed E-state index contributed by atoms with van der Waals surface area (Å²) < 4.78 is 0. The monoisotopic (exact) mass is 344 g/mol. The molecule has 0 fully saturated rings. The van der Waals surface area contributed by atoms with Crippen LogP contribution >= 0.6 is 22.7 Å². The van der Waals surface area contributed by atoms with E-state index in [-0.39, 0.29) is 6.04 Å². The van der Waals surface area contributed by atoms with Gasteiger partial charge in [-0.3, -0.25) is 4.90 Å². The second kappa shape index (κ2) is 6.86. The zero-order chi connectivity index (χ0) is 16.4. The number of aryl methyl sites for hydroxylation is 2. The van der Waals surface area contributed by atoms with E-state index in [2.05, 4.69) is 47.7 Å². The van der Waals surface area contributed by atoms with Crippen molar-refractivity contribution in [2.24, 2.45) is 0 Å². The summed E-state index contributed by atoms with van der Waals surface area (Å²) in [5.74, 6) is 0.797. The van der Waals surface area contributed by atoms with Crippen molar-refractivity contribution in [3.63, 3.8) is 0 Å². The van der Waals surface area contributed by atoms with Gasteiger partial charge in [0.15, 0.2) is 5.82 Å². The third kappa shape index (κ3) is 3.65. The lowest BCUT2D eigenvalue weighted by Crippen LogP contribution is -2.23. The maximum Gasteiger partial charge on any atom is 0.169 e. The molecule has 0 saturated carbocycles. The quantitative estimate of drug-likeness (QED) is 0.685. The number of rotatable bonds is 5. The van der Waals surface area contributed by atoms with Crippen LogP contribution in [0.2, 0.25) is 0 Å². The summed E-state index contributed by atoms with van der Waals surface area (Å²) in [6, 6.07) is 4.34. The van der Waals surface area contributed by atoms with Crippen molar-refractivity contribution in [1.82, 2.24) is 19.9 Å². The fourth-order valence-electron chi connectivity index (χ4n) is 2.54. The van der Waals surface area contributed by atoms with E-state index in [0.29, 0.717) is 0 Å². The molecule has 0 aliphatic heterocycles. The van der Waals surface area contributed by atoms with Crippen LogP contribution in [-0.2, 0) is 6.54 Å². The zero-order valence-corrected chi connectivity index (χ0v) is 15.4. The highest BCUT2D eigenvalue weighted by Crippen LogP contribution is 2.27. The van der Waals surface area contributed by atoms with Crippen LogP contribution in [0.5, 0.6) is 0 Å². The van der Waals surface area contributed by atoms with Gasteiger partial charge in [0.2, 0.25) is 0 Å². The largest absolute Gasteiger partial charge is 0.294 e. The number of nitrogens with zero attached hydrogens (tertiary/aromatic N) is 4. The second-order valence-electron chi connectivity index (χ2n) is 5.66. The SMILES string of the molecule is Cc1nc([C@@H](C)N(C)Cc2cnc(-c3cccs3)nc2)c(C)s1. The Morgan fingerprint density at radius 2 is 1.96 bits per heavy atom. The fourth-order valence-corrected chi connectivity index (χ4v) is 4.12. The molecule has 3 heterocycles. The predicted octanol–water partition coefficient (Wildman–Crippen LogP) is 4.47. The maximum atomic E-state index is 4.67. The molecule has 1 atom stereocenters. The van der Waals surface area contributed by atoms with Crippen molar-refractivity contribution in [3.8, 4) is 10.7 Å². The summed E-state index contributed by atoms with van der Waals surface area (Å²) in [6.45, 7) is 7.21. The third-order valence-electron chi connectivity index (χ3n) is 3.88. The molecular formula is C17H20N4S2. The Balaban J connectivity index is 1.70. The summed E-state index contributed by atoms with van der Waals surface area (Å²) >= 11 is 3.42. The van der Waals surface area contributed by atoms with Crippen molar-refractivity contribution in [1.29, 1.82) is 0 Å². The highest BCUT2D eigenvalue weighted by molar-refractivity contribution is 7.13. The van der Waals surface area contributed by atoms with Gasteiger partial charge in [-0.05, 0) is 39.3 Å². The smallest absolute Gasteiger partial charge is 0.169 e. The Bertz CT molecular complexity index is 763. The van der Waals surface area contributed by atoms with Crippen LogP contribution in [0.15, 0.2) is 29.9 Å². The summed E-state index contributed by atoms with van der Waals surface area (Å²) in [5.41, 5.74) is 2.29. The molecule has 0 saturated heterocycles. The molecule has 0 aliphatic rings. The van der Waals surface area contributed by atoms with E-state index in [0.717, 1.165) is 27.8 Å². The van der Waals surface area contributed by atoms with Crippen LogP contribution in [0, 0.1) is 13.8 Å². The van der Waals surface area contributed by atoms with Crippen LogP contribution < -0.4 is 0 Å². The molecule has 6 heteroatoms. The van der Waals surface area contributed by atoms with Gasteiger partial charge in [-0.2, -0.15) is 0 Å². The first-order valence-corrected chi connectivity index (χ1v) is 9.23. The van der Waals surface area contributed by atoms with Crippen molar-refractivity contribution in [2.75, 3.05) is 7.05 Å². The molecule has 3 aromatic rings. The van der Waals surface area contributed by atoms with Gasteiger partial charge in [0, 0.05) is 29.4 Å². The minimum absolute atomic E-state index is 0.275. The first-order chi connectivity index (χ1) is 11.0. The highest BCUT2D eigenvalue weighted by atomic mass is 32.1. The molecule has 0 unspecified atom stereocenters. The van der Waals surface area contributed by atoms with Gasteiger partial charge >= 0.3 is 0 Å². The number of aromatic nitrogens is 3. The Morgan fingerprint density at radius 1 is 1.22 bits per heavy atom. The molecule has 120 valence electrons. The van der Waals surface area contributed by atoms with Gasteiger partial charge < -0.3 is 0 Å². The van der Waals surface area contributed by atoms with Crippen LogP contribution in [0.4, 0.5) is 0 Å². The van der Waals surface area contributed by atoms with Crippen molar-refractivity contribution in [2.45, 2.75) is 33.4 Å². The molecule has 4 nitrogen and oxygen atoms in total. The Labute approximate surface area is 144 Å². The average molecular weight is 345 g/mol. The van der Waals surface area contributed by atoms with E-state index in [1.54, 1.807) is 22.7 Å². The average Bonchev–Trinajstić information content (AvgIpc) is 3.17. The Morgan fingerprint density at radius 3 is 2.52 bits per heavy atom. The normalized spacial score (nSPS) is 12.7. The lowest BCUT2D eigenvalue weighted by molar-refractivity contribution is 0.248. The molecule has 0 spiro atoms. The van der Waals surface area contributed by atoms with Crippen molar-refractivity contribution < 1.29 is 0 Å². The molecule has 0 radical (unpaired) electrons. The van der Waals surface area contributed by atoms with Gasteiger partial charge in [-0.15, -0.1) is 22.7 Å². The van der Waals surface area contributed by atoms with E-state index < -0.39 is 0 Å². The Kier molecular flexibility index (Phi) is 4.84. The second-order valence-corrected chi connectivity index (χ2v) is 8.01. The van der Waals surface area contributed by atoms with E-state index in [1.165, 1.54) is 10.6 Å². The van der Waals surface area contributed by atoms with E-state index in [9.17, 15) is 0 Å². The summed E-state index contributed by atoms with van der Waals surface area (Å²) in [4.78, 5) is 18.3. The molecule has 0 bridgehead atoms. The maximum absolute atomic E-state index is 4.67. The molecule has 0 aliphatic carbocycles. The van der Waals surface area contributed by atoms with Crippen molar-refractivity contribution in [3.05, 3.63) is 51.0 Å². The topological polar surface area (TPSA) is 41.9 Å². The van der Waals surface area contributed by atoms with Gasteiger partial charge in [0.25, 0.3) is 0 Å². The van der Waals surface area contributed by atoms with E-state index in [4.69, 9.17) is 0 Å². The van der Waals surface area contributed by atoms with Gasteiger partial charge in [-0.1, -0.05) is 6.07 Å². The zero-order valence-electron chi connectivity index (χ0n) is 13.8. The molecule has 0 amide bonds. The summed E-state index contributed by atoms with van der Waals surface area (Å²) in [7, 11) is 2.12. The summed E-state index contributed by atoms with van der Waals surface area (Å²) in [6.07, 6.45) is 3.84. The molecule has 3 rings (SSSR count). The first-order valence-electron chi connectivity index (χ1n) is 7.53. The number of thiazole rings is 1. The number of hydrogen-bond donors (Lipinski definition) is 0. The third-order valence-corrected chi connectivity index (χ3v) is 5.64. The van der Waals surface area contributed by atoms with Crippen molar-refractivity contribution >= 4 is 22.7 Å². The molecular weight excluding hydrogens is 324 g/mol. The highest BCUT2D eigenvalue weighted by Gasteiger charge is 2.18. The van der Waals surface area contributed by atoms with E-state index in [1.807, 2.05) is 29.9 Å². The number of hydrogen-bond acceptors (Lipinski definition) is 6. The predicted molar refractivity (Wildman–Crippen MR) is 96.8 cm³/mol. The minimum atomic E-state index is 0.275. The molecule has 0 N–H and O–H groups in total. The van der Waals surface area contributed by atoms with Crippen LogP contribution in [-0.4, -0.2) is 26.9 Å². The standard InChI is InChI=1S/C17H20N4S2/c1-11(16-12(2)23-13(3)20-16)21(4)10-14-8-18-17(19-9-14)15-6-5-7-22-15/h5-9,11H,10H2,1-4H3/t11-/m1/s1. The fraction of sp³-hybridized carbons (Fsp3) is 0.353. The van der Waals surface area contributed by atoms with Gasteiger partial charge in [-0.25, -0.2) is 15.0 Å². The van der Waals surface area contributed by atoms with Gasteiger partial charge in [0.1, 0.15) is 0 Å². The van der Waals surface area contributed by atoms with Crippen LogP contribution in [0.3, 0.4) is 0 Å². The number of thiophene rings is 1. The lowest BCUT2D eigenvalue weighted by atomic mass is 10.2. The Hall–Kier alpha value is -1.63. The molecule has 23 heavy (non-hydrogen) atoms. The van der Waals surface area contributed by atoms with E-state index >= 15 is 0 Å². The van der Waals surface area contributed by atoms with Crippen LogP contribution in [0.1, 0.15) is 34.1 Å². The van der Waals surface area contributed by atoms with Gasteiger partial charge in [0.05, 0.1) is 21.6 Å². The minimum Gasteiger partial charge on any atom is -0.294 e.